The van der Waals surface area contributed by atoms with E-state index in [4.69, 9.17) is 5.53 Å². The third kappa shape index (κ3) is 3.13. The number of hydrogen-bond acceptors (Lipinski definition) is 2. The fraction of sp³-hybridized carbons (Fsp3) is 1.00. The molecule has 1 rings (SSSR count). The predicted molar refractivity (Wildman–Crippen MR) is 67.3 cm³/mol. The molecule has 0 spiro atoms. The van der Waals surface area contributed by atoms with Gasteiger partial charge in [0.25, 0.3) is 0 Å². The van der Waals surface area contributed by atoms with E-state index >= 15 is 0 Å². The summed E-state index contributed by atoms with van der Waals surface area (Å²) in [5.41, 5.74) is 8.74. The Labute approximate surface area is 98.6 Å². The molecule has 0 bridgehead atoms. The Bertz CT molecular complexity index is 309. The first kappa shape index (κ1) is 13.3. The van der Waals surface area contributed by atoms with Crippen LogP contribution in [0.5, 0.6) is 0 Å². The van der Waals surface area contributed by atoms with Gasteiger partial charge in [0.1, 0.15) is 0 Å². The summed E-state index contributed by atoms with van der Waals surface area (Å²) < 4.78 is 0. The van der Waals surface area contributed by atoms with E-state index in [0.29, 0.717) is 0 Å². The van der Waals surface area contributed by atoms with Crippen LogP contribution in [0.25, 0.3) is 10.4 Å². The third-order valence-corrected chi connectivity index (χ3v) is 3.24. The fourth-order valence-electron chi connectivity index (χ4n) is 2.78. The van der Waals surface area contributed by atoms with Gasteiger partial charge in [0, 0.05) is 23.5 Å². The normalized spacial score (nSPS) is 30.9. The van der Waals surface area contributed by atoms with Crippen LogP contribution in [-0.2, 0) is 0 Å². The van der Waals surface area contributed by atoms with Crippen molar-refractivity contribution < 1.29 is 0 Å². The molecule has 4 heteroatoms. The minimum Gasteiger partial charge on any atom is -0.297 e. The molecule has 1 aliphatic rings. The Kier molecular flexibility index (Phi) is 3.28. The van der Waals surface area contributed by atoms with Gasteiger partial charge in [-0.1, -0.05) is 25.9 Å². The molecule has 92 valence electrons. The minimum absolute atomic E-state index is 0.129. The molecule has 0 aliphatic carbocycles. The van der Waals surface area contributed by atoms with E-state index in [1.165, 1.54) is 0 Å². The lowest BCUT2D eigenvalue weighted by atomic mass is 9.74. The summed E-state index contributed by atoms with van der Waals surface area (Å²) in [5.74, 6) is 0. The number of hydrogen-bond donors (Lipinski definition) is 0. The van der Waals surface area contributed by atoms with E-state index in [1.807, 2.05) is 0 Å². The van der Waals surface area contributed by atoms with Crippen LogP contribution in [0.2, 0.25) is 0 Å². The summed E-state index contributed by atoms with van der Waals surface area (Å²) in [7, 11) is 0. The van der Waals surface area contributed by atoms with E-state index in [0.717, 1.165) is 19.5 Å². The van der Waals surface area contributed by atoms with E-state index < -0.39 is 0 Å². The molecular formula is C12H24N4. The number of nitrogens with zero attached hydrogens (tertiary/aromatic N) is 4. The first-order valence-electron chi connectivity index (χ1n) is 5.89. The molecule has 1 saturated heterocycles. The monoisotopic (exact) mass is 224 g/mol. The second-order valence-electron chi connectivity index (χ2n) is 7.05. The van der Waals surface area contributed by atoms with Crippen molar-refractivity contribution in [2.24, 2.45) is 10.5 Å². The highest BCUT2D eigenvalue weighted by molar-refractivity contribution is 5.00. The number of rotatable bonds is 1. The van der Waals surface area contributed by atoms with E-state index in [2.05, 4.69) is 56.5 Å². The second-order valence-corrected chi connectivity index (χ2v) is 7.05. The predicted octanol–water partition coefficient (Wildman–Crippen LogP) is 3.59. The zero-order valence-electron chi connectivity index (χ0n) is 11.4. The lowest BCUT2D eigenvalue weighted by molar-refractivity contribution is 0.00464. The van der Waals surface area contributed by atoms with Crippen LogP contribution >= 0.6 is 0 Å². The summed E-state index contributed by atoms with van der Waals surface area (Å²) in [4.78, 5) is 5.43. The lowest BCUT2D eigenvalue weighted by Crippen LogP contribution is -2.58. The topological polar surface area (TPSA) is 52.0 Å². The Balaban J connectivity index is 2.98. The minimum atomic E-state index is -0.274. The molecule has 0 radical (unpaired) electrons. The van der Waals surface area contributed by atoms with Crippen LogP contribution < -0.4 is 0 Å². The third-order valence-electron chi connectivity index (χ3n) is 3.24. The first-order valence-corrected chi connectivity index (χ1v) is 5.89. The molecule has 0 aromatic heterocycles. The maximum atomic E-state index is 8.68. The Morgan fingerprint density at radius 1 is 1.19 bits per heavy atom. The van der Waals surface area contributed by atoms with Crippen molar-refractivity contribution in [1.29, 1.82) is 0 Å². The van der Waals surface area contributed by atoms with Gasteiger partial charge in [-0.25, -0.2) is 0 Å². The van der Waals surface area contributed by atoms with Gasteiger partial charge in [-0.2, -0.15) is 0 Å². The van der Waals surface area contributed by atoms with Crippen molar-refractivity contribution in [3.63, 3.8) is 0 Å². The Hall–Kier alpha value is -0.730. The molecule has 1 atom stereocenters. The second kappa shape index (κ2) is 3.94. The highest BCUT2D eigenvalue weighted by Crippen LogP contribution is 2.39. The van der Waals surface area contributed by atoms with Gasteiger partial charge in [0.15, 0.2) is 0 Å². The van der Waals surface area contributed by atoms with Gasteiger partial charge < -0.3 is 0 Å². The number of likely N-dealkylation sites (tertiary alicyclic amines) is 1. The Morgan fingerprint density at radius 3 is 2.19 bits per heavy atom. The SMILES string of the molecule is CC1(C)CN(C(C)(C)C)CC(C)(N=[N+]=[N-])C1. The molecule has 0 amide bonds. The molecule has 1 aliphatic heterocycles. The standard InChI is InChI=1S/C12H24N4/c1-10(2,3)16-8-11(4,5)7-12(6,9-16)14-15-13/h7-9H2,1-6H3. The van der Waals surface area contributed by atoms with Crippen molar-refractivity contribution in [1.82, 2.24) is 4.90 Å². The summed E-state index contributed by atoms with van der Waals surface area (Å²) in [6.07, 6.45) is 0.955. The molecule has 1 heterocycles. The van der Waals surface area contributed by atoms with Crippen molar-refractivity contribution in [2.45, 2.75) is 59.0 Å². The molecule has 4 nitrogen and oxygen atoms in total. The zero-order valence-corrected chi connectivity index (χ0v) is 11.4. The van der Waals surface area contributed by atoms with Gasteiger partial charge in [0.05, 0.1) is 5.54 Å². The average molecular weight is 224 g/mol. The van der Waals surface area contributed by atoms with Crippen molar-refractivity contribution in [2.75, 3.05) is 13.1 Å². The molecule has 0 saturated carbocycles. The van der Waals surface area contributed by atoms with Crippen molar-refractivity contribution in [3.05, 3.63) is 10.4 Å². The molecule has 1 fully saturated rings. The number of azide groups is 1. The largest absolute Gasteiger partial charge is 0.297 e. The lowest BCUT2D eigenvalue weighted by Gasteiger charge is -2.51. The van der Waals surface area contributed by atoms with Gasteiger partial charge in [-0.3, -0.25) is 4.90 Å². The molecular weight excluding hydrogens is 200 g/mol. The highest BCUT2D eigenvalue weighted by Gasteiger charge is 2.42. The maximum absolute atomic E-state index is 8.68. The van der Waals surface area contributed by atoms with E-state index in [1.54, 1.807) is 0 Å². The molecule has 16 heavy (non-hydrogen) atoms. The van der Waals surface area contributed by atoms with Crippen LogP contribution in [0.1, 0.15) is 48.0 Å². The van der Waals surface area contributed by atoms with Crippen LogP contribution in [0.3, 0.4) is 0 Å². The summed E-state index contributed by atoms with van der Waals surface area (Å²) in [6, 6.07) is 0. The van der Waals surface area contributed by atoms with Gasteiger partial charge >= 0.3 is 0 Å². The van der Waals surface area contributed by atoms with Gasteiger partial charge in [-0.15, -0.1) is 0 Å². The highest BCUT2D eigenvalue weighted by atomic mass is 15.3. The Morgan fingerprint density at radius 2 is 1.75 bits per heavy atom. The molecule has 0 aromatic rings. The zero-order chi connectivity index (χ0) is 12.6. The quantitative estimate of drug-likeness (QED) is 0.381. The van der Waals surface area contributed by atoms with Crippen LogP contribution in [0, 0.1) is 5.41 Å². The van der Waals surface area contributed by atoms with Crippen LogP contribution in [0.15, 0.2) is 5.11 Å². The van der Waals surface area contributed by atoms with Gasteiger partial charge in [-0.05, 0) is 38.1 Å². The average Bonchev–Trinajstić information content (AvgIpc) is 1.97. The molecule has 1 unspecified atom stereocenters. The summed E-state index contributed by atoms with van der Waals surface area (Å²) in [5, 5.41) is 4.01. The van der Waals surface area contributed by atoms with Crippen molar-refractivity contribution >= 4 is 0 Å². The molecule has 0 aromatic carbocycles. The van der Waals surface area contributed by atoms with Crippen molar-refractivity contribution in [3.8, 4) is 0 Å². The summed E-state index contributed by atoms with van der Waals surface area (Å²) in [6.45, 7) is 15.1. The van der Waals surface area contributed by atoms with Gasteiger partial charge in [0.2, 0.25) is 0 Å². The van der Waals surface area contributed by atoms with Crippen LogP contribution in [0.4, 0.5) is 0 Å². The van der Waals surface area contributed by atoms with E-state index in [9.17, 15) is 0 Å². The smallest absolute Gasteiger partial charge is 0.0592 e. The maximum Gasteiger partial charge on any atom is 0.0592 e. The van der Waals surface area contributed by atoms with E-state index in [-0.39, 0.29) is 16.5 Å². The summed E-state index contributed by atoms with van der Waals surface area (Å²) >= 11 is 0. The fourth-order valence-corrected chi connectivity index (χ4v) is 2.78. The van der Waals surface area contributed by atoms with Crippen LogP contribution in [-0.4, -0.2) is 29.1 Å². The first-order chi connectivity index (χ1) is 7.08. The molecule has 0 N–H and O–H groups in total. The number of piperidine rings is 1.